The van der Waals surface area contributed by atoms with Gasteiger partial charge in [0, 0.05) is 17.4 Å². The van der Waals surface area contributed by atoms with E-state index in [0.717, 1.165) is 11.3 Å². The molecule has 0 radical (unpaired) electrons. The summed E-state index contributed by atoms with van der Waals surface area (Å²) in [6.07, 6.45) is -2.68. The number of benzene rings is 1. The van der Waals surface area contributed by atoms with Crippen LogP contribution in [0.2, 0.25) is 5.02 Å². The molecule has 0 saturated heterocycles. The van der Waals surface area contributed by atoms with Crippen molar-refractivity contribution in [2.24, 2.45) is 5.92 Å². The molecule has 2 aromatic rings. The van der Waals surface area contributed by atoms with Crippen LogP contribution in [-0.4, -0.2) is 26.7 Å². The van der Waals surface area contributed by atoms with Gasteiger partial charge in [-0.2, -0.15) is 13.2 Å². The Labute approximate surface area is 153 Å². The summed E-state index contributed by atoms with van der Waals surface area (Å²) in [6, 6.07) is 5.33. The van der Waals surface area contributed by atoms with Gasteiger partial charge in [0.25, 0.3) is 0 Å². The Bertz CT molecular complexity index is 854. The molecule has 0 unspecified atom stereocenters. The largest absolute Gasteiger partial charge is 0.391 e. The van der Waals surface area contributed by atoms with Crippen molar-refractivity contribution < 1.29 is 18.0 Å². The summed E-state index contributed by atoms with van der Waals surface area (Å²) in [4.78, 5) is 12.2. The maximum absolute atomic E-state index is 12.9. The molecule has 1 fully saturated rings. The quantitative estimate of drug-likeness (QED) is 0.732. The highest BCUT2D eigenvalue weighted by Crippen LogP contribution is 2.43. The molecule has 0 bridgehead atoms. The lowest BCUT2D eigenvalue weighted by Crippen LogP contribution is -2.28. The van der Waals surface area contributed by atoms with E-state index in [9.17, 15) is 18.0 Å². The number of halogens is 4. The van der Waals surface area contributed by atoms with E-state index < -0.39 is 12.1 Å². The van der Waals surface area contributed by atoms with E-state index in [1.165, 1.54) is 0 Å². The van der Waals surface area contributed by atoms with Gasteiger partial charge < -0.3 is 0 Å². The number of ketones is 1. The number of hydrogen-bond donors (Lipinski definition) is 0. The van der Waals surface area contributed by atoms with E-state index in [2.05, 4.69) is 10.2 Å². The molecule has 0 N–H and O–H groups in total. The predicted octanol–water partition coefficient (Wildman–Crippen LogP) is 4.42. The van der Waals surface area contributed by atoms with Crippen LogP contribution in [-0.2, 0) is 17.6 Å². The summed E-state index contributed by atoms with van der Waals surface area (Å²) in [5, 5.41) is 8.96. The average molecular weight is 384 g/mol. The van der Waals surface area contributed by atoms with Crippen molar-refractivity contribution in [3.8, 4) is 5.69 Å². The smallest absolute Gasteiger partial charge is 0.299 e. The maximum atomic E-state index is 12.9. The normalized spacial score (nSPS) is 23.3. The fourth-order valence-corrected chi connectivity index (χ4v) is 4.21. The minimum absolute atomic E-state index is 0.0204. The summed E-state index contributed by atoms with van der Waals surface area (Å²) >= 11 is 6.07. The highest BCUT2D eigenvalue weighted by Gasteiger charge is 2.42. The van der Waals surface area contributed by atoms with Crippen LogP contribution in [0.1, 0.15) is 48.8 Å². The molecule has 0 spiro atoms. The van der Waals surface area contributed by atoms with Gasteiger partial charge >= 0.3 is 6.18 Å². The summed E-state index contributed by atoms with van der Waals surface area (Å²) in [5.74, 6) is -0.112. The number of alkyl halides is 3. The lowest BCUT2D eigenvalue weighted by atomic mass is 9.81. The van der Waals surface area contributed by atoms with Crippen molar-refractivity contribution >= 4 is 17.4 Å². The Morgan fingerprint density at radius 2 is 1.81 bits per heavy atom. The molecule has 1 aliphatic carbocycles. The highest BCUT2D eigenvalue weighted by molar-refractivity contribution is 6.30. The average Bonchev–Trinajstić information content (AvgIpc) is 2.91. The van der Waals surface area contributed by atoms with Crippen LogP contribution in [0.4, 0.5) is 13.2 Å². The van der Waals surface area contributed by atoms with Crippen molar-refractivity contribution in [3.63, 3.8) is 0 Å². The first-order valence-electron chi connectivity index (χ1n) is 8.64. The third-order valence-electron chi connectivity index (χ3n) is 5.34. The van der Waals surface area contributed by atoms with E-state index in [0.29, 0.717) is 29.5 Å². The Morgan fingerprint density at radius 1 is 1.08 bits per heavy atom. The summed E-state index contributed by atoms with van der Waals surface area (Å²) in [7, 11) is 0. The number of aromatic nitrogens is 3. The van der Waals surface area contributed by atoms with E-state index in [1.54, 1.807) is 12.1 Å². The Hall–Kier alpha value is -1.89. The Morgan fingerprint density at radius 3 is 2.50 bits per heavy atom. The predicted molar refractivity (Wildman–Crippen MR) is 89.5 cm³/mol. The number of nitrogens with zero attached hydrogens (tertiary/aromatic N) is 3. The molecule has 0 atom stereocenters. The van der Waals surface area contributed by atoms with Crippen molar-refractivity contribution in [2.45, 2.75) is 50.6 Å². The van der Waals surface area contributed by atoms with Crippen molar-refractivity contribution in [1.82, 2.24) is 14.8 Å². The molecule has 138 valence electrons. The lowest BCUT2D eigenvalue weighted by Gasteiger charge is -2.29. The number of carbonyl (C=O) groups is 1. The van der Waals surface area contributed by atoms with Gasteiger partial charge in [-0.05, 0) is 49.4 Å². The minimum atomic E-state index is -4.14. The lowest BCUT2D eigenvalue weighted by molar-refractivity contribution is -0.182. The van der Waals surface area contributed by atoms with Crippen LogP contribution < -0.4 is 0 Å². The minimum Gasteiger partial charge on any atom is -0.299 e. The number of hydrogen-bond acceptors (Lipinski definition) is 3. The van der Waals surface area contributed by atoms with Crippen LogP contribution >= 0.6 is 11.6 Å². The van der Waals surface area contributed by atoms with Gasteiger partial charge in [0.2, 0.25) is 0 Å². The fraction of sp³-hybridized carbons (Fsp3) is 0.500. The van der Waals surface area contributed by atoms with E-state index >= 15 is 0 Å². The second-order valence-electron chi connectivity index (χ2n) is 7.07. The monoisotopic (exact) mass is 383 g/mol. The second-order valence-corrected chi connectivity index (χ2v) is 7.50. The maximum Gasteiger partial charge on any atom is 0.391 e. The first kappa shape index (κ1) is 17.5. The van der Waals surface area contributed by atoms with Gasteiger partial charge in [-0.15, -0.1) is 10.2 Å². The first-order chi connectivity index (χ1) is 12.3. The molecule has 26 heavy (non-hydrogen) atoms. The molecule has 4 nitrogen and oxygen atoms in total. The zero-order chi connectivity index (χ0) is 18.5. The summed E-state index contributed by atoms with van der Waals surface area (Å²) < 4.78 is 40.7. The molecule has 1 aliphatic heterocycles. The van der Waals surface area contributed by atoms with E-state index in [4.69, 9.17) is 11.6 Å². The van der Waals surface area contributed by atoms with Crippen LogP contribution in [0.5, 0.6) is 0 Å². The highest BCUT2D eigenvalue weighted by atomic mass is 35.5. The number of rotatable bonds is 1. The van der Waals surface area contributed by atoms with Crippen molar-refractivity contribution in [1.29, 1.82) is 0 Å². The number of carbonyl (C=O) groups excluding carboxylic acids is 1. The standard InChI is InChI=1S/C18H17ClF3N3O/c19-13-5-6-15-11(7-13)8-14(26)9-16-23-24-17(25(15)16)10-1-3-12(4-2-10)18(20,21)22/h5-7,10,12H,1-4,8-9H2. The molecule has 2 aliphatic rings. The van der Waals surface area contributed by atoms with Gasteiger partial charge in [0.05, 0.1) is 18.0 Å². The molecule has 1 aromatic carbocycles. The third kappa shape index (κ3) is 3.13. The third-order valence-corrected chi connectivity index (χ3v) is 5.57. The van der Waals surface area contributed by atoms with Crippen LogP contribution in [0.25, 0.3) is 5.69 Å². The van der Waals surface area contributed by atoms with Crippen molar-refractivity contribution in [2.75, 3.05) is 0 Å². The topological polar surface area (TPSA) is 47.8 Å². The van der Waals surface area contributed by atoms with Crippen LogP contribution in [0.3, 0.4) is 0 Å². The summed E-state index contributed by atoms with van der Waals surface area (Å²) in [5.41, 5.74) is 1.60. The number of fused-ring (bicyclic) bond motifs is 3. The molecule has 2 heterocycles. The van der Waals surface area contributed by atoms with Gasteiger partial charge in [-0.3, -0.25) is 9.36 Å². The zero-order valence-corrected chi connectivity index (χ0v) is 14.6. The van der Waals surface area contributed by atoms with Gasteiger partial charge in [0.15, 0.2) is 0 Å². The fourth-order valence-electron chi connectivity index (χ4n) is 4.02. The van der Waals surface area contributed by atoms with E-state index in [-0.39, 0.29) is 37.4 Å². The Balaban J connectivity index is 1.70. The number of Topliss-reactive ketones (excluding diaryl/α,β-unsaturated/α-hetero) is 1. The molecular formula is C18H17ClF3N3O. The van der Waals surface area contributed by atoms with Gasteiger partial charge in [0.1, 0.15) is 17.4 Å². The van der Waals surface area contributed by atoms with E-state index in [1.807, 2.05) is 10.6 Å². The molecule has 4 rings (SSSR count). The molecule has 1 aromatic heterocycles. The van der Waals surface area contributed by atoms with Gasteiger partial charge in [-0.25, -0.2) is 0 Å². The van der Waals surface area contributed by atoms with Crippen molar-refractivity contribution in [3.05, 3.63) is 40.4 Å². The summed E-state index contributed by atoms with van der Waals surface area (Å²) in [6.45, 7) is 0. The second kappa shape index (κ2) is 6.37. The SMILES string of the molecule is O=C1Cc2cc(Cl)ccc2-n2c(nnc2C2CCC(C(F)(F)F)CC2)C1. The molecular weight excluding hydrogens is 367 g/mol. The molecule has 8 heteroatoms. The van der Waals surface area contributed by atoms with Gasteiger partial charge in [-0.1, -0.05) is 11.6 Å². The van der Waals surface area contributed by atoms with Crippen LogP contribution in [0.15, 0.2) is 18.2 Å². The first-order valence-corrected chi connectivity index (χ1v) is 9.02. The molecule has 0 amide bonds. The Kier molecular flexibility index (Phi) is 4.29. The zero-order valence-electron chi connectivity index (χ0n) is 13.9. The molecule has 1 saturated carbocycles. The van der Waals surface area contributed by atoms with Crippen LogP contribution in [0, 0.1) is 5.92 Å².